The third-order valence-electron chi connectivity index (χ3n) is 1.53. The van der Waals surface area contributed by atoms with Crippen LogP contribution in [0.2, 0.25) is 4.34 Å². The normalized spacial score (nSPS) is 9.77. The van der Waals surface area contributed by atoms with Crippen LogP contribution in [0.1, 0.15) is 5.56 Å². The summed E-state index contributed by atoms with van der Waals surface area (Å²) in [6, 6.07) is 1.80. The zero-order valence-corrected chi connectivity index (χ0v) is 9.08. The molecule has 3 nitrogen and oxygen atoms in total. The number of hydrogen-bond acceptors (Lipinski definition) is 2. The van der Waals surface area contributed by atoms with Crippen molar-refractivity contribution in [3.05, 3.63) is 21.3 Å². The smallest absolute Gasteiger partial charge is 0.317 e. The molecule has 1 rings (SSSR count). The second-order valence-corrected chi connectivity index (χ2v) is 4.29. The van der Waals surface area contributed by atoms with Crippen molar-refractivity contribution in [2.24, 2.45) is 0 Å². The van der Waals surface area contributed by atoms with Gasteiger partial charge in [0.2, 0.25) is 0 Å². The van der Waals surface area contributed by atoms with E-state index >= 15 is 0 Å². The molecule has 0 saturated heterocycles. The van der Waals surface area contributed by atoms with E-state index in [1.807, 2.05) is 11.4 Å². The van der Waals surface area contributed by atoms with Gasteiger partial charge in [-0.1, -0.05) is 11.6 Å². The molecule has 1 aromatic heterocycles. The second kappa shape index (κ2) is 4.48. The summed E-state index contributed by atoms with van der Waals surface area (Å²) in [5.41, 5.74) is 0.960. The number of urea groups is 1. The molecule has 0 unspecified atom stereocenters. The fraction of sp³-hybridized carbons (Fsp3) is 0.375. The number of halogens is 1. The van der Waals surface area contributed by atoms with Crippen LogP contribution in [0.3, 0.4) is 0 Å². The third-order valence-corrected chi connectivity index (χ3v) is 2.78. The standard InChI is InChI=1S/C8H11ClN2OS/c1-11(2)8(12)10-5-6-3-4-13-7(6)9/h3-4H,5H2,1-2H3,(H,10,12). The van der Waals surface area contributed by atoms with Gasteiger partial charge in [-0.25, -0.2) is 4.79 Å². The molecule has 5 heteroatoms. The van der Waals surface area contributed by atoms with Gasteiger partial charge < -0.3 is 10.2 Å². The lowest BCUT2D eigenvalue weighted by atomic mass is 10.3. The van der Waals surface area contributed by atoms with Gasteiger partial charge in [0, 0.05) is 26.2 Å². The van der Waals surface area contributed by atoms with E-state index in [0.29, 0.717) is 6.54 Å². The minimum absolute atomic E-state index is 0.109. The third kappa shape index (κ3) is 2.90. The Morgan fingerprint density at radius 1 is 1.69 bits per heavy atom. The summed E-state index contributed by atoms with van der Waals surface area (Å²) in [4.78, 5) is 12.6. The second-order valence-electron chi connectivity index (χ2n) is 2.77. The molecule has 1 heterocycles. The van der Waals surface area contributed by atoms with Crippen molar-refractivity contribution in [3.8, 4) is 0 Å². The molecule has 0 aliphatic heterocycles. The fourth-order valence-electron chi connectivity index (χ4n) is 0.774. The highest BCUT2D eigenvalue weighted by Crippen LogP contribution is 2.22. The van der Waals surface area contributed by atoms with Crippen molar-refractivity contribution in [2.75, 3.05) is 14.1 Å². The van der Waals surface area contributed by atoms with Gasteiger partial charge in [-0.2, -0.15) is 0 Å². The molecule has 0 aliphatic carbocycles. The van der Waals surface area contributed by atoms with Gasteiger partial charge in [-0.3, -0.25) is 0 Å². The Hall–Kier alpha value is -0.740. The number of rotatable bonds is 2. The maximum Gasteiger partial charge on any atom is 0.317 e. The topological polar surface area (TPSA) is 32.3 Å². The Kier molecular flexibility index (Phi) is 3.57. The summed E-state index contributed by atoms with van der Waals surface area (Å²) >= 11 is 7.32. The molecule has 0 aliphatic rings. The lowest BCUT2D eigenvalue weighted by molar-refractivity contribution is 0.217. The van der Waals surface area contributed by atoms with Crippen LogP contribution in [0.25, 0.3) is 0 Å². The Morgan fingerprint density at radius 3 is 2.85 bits per heavy atom. The average molecular weight is 219 g/mol. The van der Waals surface area contributed by atoms with Crippen molar-refractivity contribution in [2.45, 2.75) is 6.54 Å². The van der Waals surface area contributed by atoms with Crippen LogP contribution in [0.15, 0.2) is 11.4 Å². The predicted molar refractivity (Wildman–Crippen MR) is 55.3 cm³/mol. The molecule has 0 radical (unpaired) electrons. The molecule has 13 heavy (non-hydrogen) atoms. The Balaban J connectivity index is 2.44. The van der Waals surface area contributed by atoms with E-state index in [0.717, 1.165) is 9.90 Å². The molecule has 0 spiro atoms. The highest BCUT2D eigenvalue weighted by Gasteiger charge is 2.05. The van der Waals surface area contributed by atoms with E-state index in [1.54, 1.807) is 14.1 Å². The number of nitrogens with zero attached hydrogens (tertiary/aromatic N) is 1. The maximum atomic E-state index is 11.1. The Bertz CT molecular complexity index is 298. The summed E-state index contributed by atoms with van der Waals surface area (Å²) in [7, 11) is 3.40. The Morgan fingerprint density at radius 2 is 2.38 bits per heavy atom. The molecule has 2 amide bonds. The summed E-state index contributed by atoms with van der Waals surface area (Å²) in [6.45, 7) is 0.485. The number of amides is 2. The first-order valence-electron chi connectivity index (χ1n) is 3.78. The van der Waals surface area contributed by atoms with Crippen molar-refractivity contribution in [3.63, 3.8) is 0 Å². The maximum absolute atomic E-state index is 11.1. The fourth-order valence-corrected chi connectivity index (χ4v) is 1.70. The van der Waals surface area contributed by atoms with E-state index in [-0.39, 0.29) is 6.03 Å². The summed E-state index contributed by atoms with van der Waals surface area (Å²) in [5.74, 6) is 0. The largest absolute Gasteiger partial charge is 0.334 e. The Labute approximate surface area is 86.3 Å². The van der Waals surface area contributed by atoms with E-state index < -0.39 is 0 Å². The monoisotopic (exact) mass is 218 g/mol. The number of nitrogens with one attached hydrogen (secondary N) is 1. The molecule has 0 aromatic carbocycles. The number of carbonyl (C=O) groups excluding carboxylic acids is 1. The zero-order valence-electron chi connectivity index (χ0n) is 7.50. The minimum atomic E-state index is -0.109. The van der Waals surface area contributed by atoms with Gasteiger partial charge in [-0.15, -0.1) is 11.3 Å². The lowest BCUT2D eigenvalue weighted by Gasteiger charge is -2.11. The quantitative estimate of drug-likeness (QED) is 0.811. The SMILES string of the molecule is CN(C)C(=O)NCc1ccsc1Cl. The van der Waals surface area contributed by atoms with Crippen LogP contribution < -0.4 is 5.32 Å². The van der Waals surface area contributed by atoms with Gasteiger partial charge in [0.1, 0.15) is 0 Å². The van der Waals surface area contributed by atoms with Crippen LogP contribution in [0, 0.1) is 0 Å². The van der Waals surface area contributed by atoms with Crippen LogP contribution in [-0.2, 0) is 6.54 Å². The van der Waals surface area contributed by atoms with Gasteiger partial charge >= 0.3 is 6.03 Å². The number of carbonyl (C=O) groups is 1. The first-order chi connectivity index (χ1) is 6.11. The molecule has 0 saturated carbocycles. The van der Waals surface area contributed by atoms with E-state index in [4.69, 9.17) is 11.6 Å². The molecular weight excluding hydrogens is 208 g/mol. The summed E-state index contributed by atoms with van der Waals surface area (Å²) < 4.78 is 0.735. The molecule has 72 valence electrons. The van der Waals surface area contributed by atoms with Crippen molar-refractivity contribution in [1.82, 2.24) is 10.2 Å². The van der Waals surface area contributed by atoms with Gasteiger partial charge in [0.25, 0.3) is 0 Å². The number of thiophene rings is 1. The summed E-state index contributed by atoms with van der Waals surface area (Å²) in [5, 5.41) is 4.64. The van der Waals surface area contributed by atoms with Crippen LogP contribution >= 0.6 is 22.9 Å². The average Bonchev–Trinajstić information content (AvgIpc) is 2.47. The van der Waals surface area contributed by atoms with Crippen molar-refractivity contribution in [1.29, 1.82) is 0 Å². The molecule has 0 bridgehead atoms. The number of hydrogen-bond donors (Lipinski definition) is 1. The molecule has 1 N–H and O–H groups in total. The van der Waals surface area contributed by atoms with Gasteiger partial charge in [0.15, 0.2) is 0 Å². The van der Waals surface area contributed by atoms with E-state index in [9.17, 15) is 4.79 Å². The molecule has 0 atom stereocenters. The van der Waals surface area contributed by atoms with E-state index in [1.165, 1.54) is 16.2 Å². The predicted octanol–water partition coefficient (Wildman–Crippen LogP) is 2.17. The van der Waals surface area contributed by atoms with Crippen LogP contribution in [-0.4, -0.2) is 25.0 Å². The highest BCUT2D eigenvalue weighted by atomic mass is 35.5. The zero-order chi connectivity index (χ0) is 9.84. The van der Waals surface area contributed by atoms with Crippen molar-refractivity contribution < 1.29 is 4.79 Å². The molecule has 1 aromatic rings. The lowest BCUT2D eigenvalue weighted by Crippen LogP contribution is -2.33. The first-order valence-corrected chi connectivity index (χ1v) is 5.04. The highest BCUT2D eigenvalue weighted by molar-refractivity contribution is 7.14. The molecule has 0 fully saturated rings. The van der Waals surface area contributed by atoms with Crippen LogP contribution in [0.4, 0.5) is 4.79 Å². The minimum Gasteiger partial charge on any atom is -0.334 e. The van der Waals surface area contributed by atoms with E-state index in [2.05, 4.69) is 5.32 Å². The van der Waals surface area contributed by atoms with Gasteiger partial charge in [-0.05, 0) is 11.4 Å². The first kappa shape index (κ1) is 10.3. The molecular formula is C8H11ClN2OS. The summed E-state index contributed by atoms with van der Waals surface area (Å²) in [6.07, 6.45) is 0. The van der Waals surface area contributed by atoms with Gasteiger partial charge in [0.05, 0.1) is 4.34 Å². The van der Waals surface area contributed by atoms with Crippen molar-refractivity contribution >= 4 is 29.0 Å². The van der Waals surface area contributed by atoms with Crippen LogP contribution in [0.5, 0.6) is 0 Å².